The maximum atomic E-state index is 10.0. The Morgan fingerprint density at radius 3 is 2.26 bits per heavy atom. The van der Waals surface area contributed by atoms with E-state index in [0.29, 0.717) is 12.4 Å². The average molecular weight is 460 g/mol. The Bertz CT molecular complexity index is 1140. The number of phenols is 2. The number of phenolic OH excluding ortho intramolecular Hbond substituents is 2. The van der Waals surface area contributed by atoms with Crippen molar-refractivity contribution in [3.63, 3.8) is 0 Å². The van der Waals surface area contributed by atoms with Crippen molar-refractivity contribution in [3.05, 3.63) is 83.4 Å². The second-order valence-electron chi connectivity index (χ2n) is 8.62. The molecule has 0 radical (unpaired) electrons. The van der Waals surface area contributed by atoms with Gasteiger partial charge in [0.25, 0.3) is 0 Å². The van der Waals surface area contributed by atoms with Crippen LogP contribution in [0.15, 0.2) is 66.7 Å². The fourth-order valence-electron chi connectivity index (χ4n) is 4.47. The van der Waals surface area contributed by atoms with E-state index in [1.54, 1.807) is 24.3 Å². The first-order valence-corrected chi connectivity index (χ1v) is 12.0. The third kappa shape index (κ3) is 5.20. The smallest absolute Gasteiger partial charge is 0.150 e. The van der Waals surface area contributed by atoms with Gasteiger partial charge in [0.05, 0.1) is 0 Å². The van der Waals surface area contributed by atoms with Crippen molar-refractivity contribution in [2.45, 2.75) is 33.3 Å². The minimum absolute atomic E-state index is 0.173. The van der Waals surface area contributed by atoms with Crippen LogP contribution in [0.1, 0.15) is 50.0 Å². The molecule has 0 saturated heterocycles. The lowest BCUT2D eigenvalue weighted by Crippen LogP contribution is -2.29. The first-order chi connectivity index (χ1) is 16.5. The predicted octanol–water partition coefficient (Wildman–Crippen LogP) is 6.27. The molecule has 3 aromatic rings. The van der Waals surface area contributed by atoms with E-state index in [0.717, 1.165) is 59.6 Å². The standard InChI is InChI=1S/C29H33NO4/c1-4-16-30(5-2)17-18-33-25-13-8-22(9-14-25)29-28(21-6-10-23(31)11-7-21)20(3)26-15-12-24(32)19-27(26)34-29/h6-15,19,29,31-32H,4-5,16-18H2,1-3H3/t29-/m1/s1. The van der Waals surface area contributed by atoms with Crippen molar-refractivity contribution in [2.75, 3.05) is 26.2 Å². The van der Waals surface area contributed by atoms with Gasteiger partial charge in [-0.3, -0.25) is 0 Å². The largest absolute Gasteiger partial charge is 0.508 e. The van der Waals surface area contributed by atoms with Gasteiger partial charge in [-0.1, -0.05) is 38.1 Å². The van der Waals surface area contributed by atoms with Crippen LogP contribution in [0.5, 0.6) is 23.0 Å². The van der Waals surface area contributed by atoms with Gasteiger partial charge in [-0.15, -0.1) is 0 Å². The average Bonchev–Trinajstić information content (AvgIpc) is 2.84. The minimum Gasteiger partial charge on any atom is -0.508 e. The summed E-state index contributed by atoms with van der Waals surface area (Å²) in [6.45, 7) is 10.1. The van der Waals surface area contributed by atoms with Crippen LogP contribution < -0.4 is 9.47 Å². The molecule has 0 spiro atoms. The number of hydrogen-bond donors (Lipinski definition) is 2. The number of allylic oxidation sites excluding steroid dienone is 1. The number of hydrogen-bond acceptors (Lipinski definition) is 5. The monoisotopic (exact) mass is 459 g/mol. The van der Waals surface area contributed by atoms with E-state index in [1.807, 2.05) is 42.5 Å². The number of ether oxygens (including phenoxy) is 2. The normalized spacial score (nSPS) is 15.2. The van der Waals surface area contributed by atoms with Gasteiger partial charge in [0.2, 0.25) is 0 Å². The van der Waals surface area contributed by atoms with Crippen LogP contribution in [0.2, 0.25) is 0 Å². The van der Waals surface area contributed by atoms with E-state index >= 15 is 0 Å². The van der Waals surface area contributed by atoms with Gasteiger partial charge in [0.1, 0.15) is 35.7 Å². The number of rotatable bonds is 9. The molecule has 5 nitrogen and oxygen atoms in total. The molecule has 0 unspecified atom stereocenters. The van der Waals surface area contributed by atoms with Crippen molar-refractivity contribution in [1.82, 2.24) is 4.90 Å². The van der Waals surface area contributed by atoms with Gasteiger partial charge in [-0.25, -0.2) is 0 Å². The van der Waals surface area contributed by atoms with Crippen molar-refractivity contribution in [1.29, 1.82) is 0 Å². The minimum atomic E-state index is -0.354. The Kier molecular flexibility index (Phi) is 7.43. The van der Waals surface area contributed by atoms with Gasteiger partial charge in [-0.2, -0.15) is 0 Å². The van der Waals surface area contributed by atoms with Gasteiger partial charge in [-0.05, 0) is 79.5 Å². The van der Waals surface area contributed by atoms with E-state index in [1.165, 1.54) is 0 Å². The molecule has 0 bridgehead atoms. The van der Waals surface area contributed by atoms with Gasteiger partial charge in [0.15, 0.2) is 0 Å². The lowest BCUT2D eigenvalue weighted by Gasteiger charge is -2.31. The lowest BCUT2D eigenvalue weighted by atomic mass is 9.86. The predicted molar refractivity (Wildman–Crippen MR) is 136 cm³/mol. The highest BCUT2D eigenvalue weighted by molar-refractivity contribution is 5.95. The van der Waals surface area contributed by atoms with Crippen molar-refractivity contribution >= 4 is 11.1 Å². The Hall–Kier alpha value is -3.44. The zero-order valence-electron chi connectivity index (χ0n) is 20.1. The highest BCUT2D eigenvalue weighted by Crippen LogP contribution is 2.47. The molecule has 1 atom stereocenters. The molecule has 0 fully saturated rings. The van der Waals surface area contributed by atoms with Crippen molar-refractivity contribution in [2.24, 2.45) is 0 Å². The third-order valence-corrected chi connectivity index (χ3v) is 6.30. The van der Waals surface area contributed by atoms with Crippen LogP contribution in [-0.4, -0.2) is 41.4 Å². The highest BCUT2D eigenvalue weighted by atomic mass is 16.5. The van der Waals surface area contributed by atoms with Crippen molar-refractivity contribution < 1.29 is 19.7 Å². The molecule has 1 aliphatic heterocycles. The number of benzene rings is 3. The second kappa shape index (κ2) is 10.7. The highest BCUT2D eigenvalue weighted by Gasteiger charge is 2.29. The second-order valence-corrected chi connectivity index (χ2v) is 8.62. The van der Waals surface area contributed by atoms with Gasteiger partial charge >= 0.3 is 0 Å². The summed E-state index contributed by atoms with van der Waals surface area (Å²) in [5.41, 5.74) is 5.03. The molecule has 5 heteroatoms. The maximum Gasteiger partial charge on any atom is 0.150 e. The fourth-order valence-corrected chi connectivity index (χ4v) is 4.47. The summed E-state index contributed by atoms with van der Waals surface area (Å²) in [5, 5.41) is 19.8. The Morgan fingerprint density at radius 1 is 0.882 bits per heavy atom. The topological polar surface area (TPSA) is 62.2 Å². The lowest BCUT2D eigenvalue weighted by molar-refractivity contribution is 0.215. The van der Waals surface area contributed by atoms with E-state index < -0.39 is 0 Å². The van der Waals surface area contributed by atoms with Crippen LogP contribution in [0.3, 0.4) is 0 Å². The first-order valence-electron chi connectivity index (χ1n) is 12.0. The van der Waals surface area contributed by atoms with Crippen LogP contribution in [0.4, 0.5) is 0 Å². The molecule has 2 N–H and O–H groups in total. The SMILES string of the molecule is CCCN(CC)CCOc1ccc([C@H]2Oc3cc(O)ccc3C(C)=C2c2ccc(O)cc2)cc1. The molecule has 1 heterocycles. The third-order valence-electron chi connectivity index (χ3n) is 6.30. The van der Waals surface area contributed by atoms with E-state index in [9.17, 15) is 10.2 Å². The number of nitrogens with zero attached hydrogens (tertiary/aromatic N) is 1. The molecule has 0 aliphatic carbocycles. The molecule has 0 aromatic heterocycles. The van der Waals surface area contributed by atoms with Crippen LogP contribution in [-0.2, 0) is 0 Å². The fraction of sp³-hybridized carbons (Fsp3) is 0.310. The zero-order valence-corrected chi connectivity index (χ0v) is 20.1. The summed E-state index contributed by atoms with van der Waals surface area (Å²) in [6.07, 6.45) is 0.786. The molecule has 3 aromatic carbocycles. The quantitative estimate of drug-likeness (QED) is 0.395. The number of aromatic hydroxyl groups is 2. The summed E-state index contributed by atoms with van der Waals surface area (Å²) in [5.74, 6) is 1.88. The first kappa shape index (κ1) is 23.7. The molecular formula is C29H33NO4. The van der Waals surface area contributed by atoms with E-state index in [4.69, 9.17) is 9.47 Å². The Balaban J connectivity index is 1.60. The summed E-state index contributed by atoms with van der Waals surface area (Å²) in [7, 11) is 0. The van der Waals surface area contributed by atoms with Gasteiger partial charge in [0, 0.05) is 23.7 Å². The zero-order chi connectivity index (χ0) is 24.1. The Morgan fingerprint density at radius 2 is 1.59 bits per heavy atom. The van der Waals surface area contributed by atoms with E-state index in [2.05, 4.69) is 25.7 Å². The molecule has 0 saturated carbocycles. The summed E-state index contributed by atoms with van der Waals surface area (Å²) < 4.78 is 12.4. The Labute approximate surface area is 201 Å². The summed E-state index contributed by atoms with van der Waals surface area (Å²) in [6, 6.07) is 20.4. The number of likely N-dealkylation sites (N-methyl/N-ethyl adjacent to an activating group) is 1. The molecule has 1 aliphatic rings. The molecule has 0 amide bonds. The molecule has 4 rings (SSSR count). The summed E-state index contributed by atoms with van der Waals surface area (Å²) in [4.78, 5) is 2.38. The summed E-state index contributed by atoms with van der Waals surface area (Å²) >= 11 is 0. The van der Waals surface area contributed by atoms with Crippen LogP contribution in [0.25, 0.3) is 11.1 Å². The van der Waals surface area contributed by atoms with Crippen molar-refractivity contribution in [3.8, 4) is 23.0 Å². The van der Waals surface area contributed by atoms with Crippen LogP contribution >= 0.6 is 0 Å². The molecule has 34 heavy (non-hydrogen) atoms. The number of fused-ring (bicyclic) bond motifs is 1. The molecular weight excluding hydrogens is 426 g/mol. The van der Waals surface area contributed by atoms with E-state index in [-0.39, 0.29) is 17.6 Å². The van der Waals surface area contributed by atoms with Crippen LogP contribution in [0, 0.1) is 0 Å². The van der Waals surface area contributed by atoms with Gasteiger partial charge < -0.3 is 24.6 Å². The maximum absolute atomic E-state index is 10.0. The molecule has 178 valence electrons.